The SMILES string of the molecule is O=C(c1ccc(-c2ccc3c(c2)OC(F)(F)O3)cc1)N1CCC2(CCO2)CC1. The Hall–Kier alpha value is -2.67. The molecular formula is C21H19F2NO4. The fourth-order valence-electron chi connectivity index (χ4n) is 4.02. The van der Waals surface area contributed by atoms with E-state index in [0.717, 1.165) is 31.4 Å². The van der Waals surface area contributed by atoms with E-state index >= 15 is 0 Å². The summed E-state index contributed by atoms with van der Waals surface area (Å²) in [5.74, 6) is 0.0213. The number of fused-ring (bicyclic) bond motifs is 1. The van der Waals surface area contributed by atoms with Crippen LogP contribution in [0.15, 0.2) is 42.5 Å². The molecule has 0 bridgehead atoms. The van der Waals surface area contributed by atoms with E-state index < -0.39 is 6.29 Å². The molecule has 0 atom stereocenters. The molecule has 146 valence electrons. The Labute approximate surface area is 160 Å². The highest BCUT2D eigenvalue weighted by molar-refractivity contribution is 5.94. The van der Waals surface area contributed by atoms with Crippen LogP contribution in [0.3, 0.4) is 0 Å². The molecule has 28 heavy (non-hydrogen) atoms. The van der Waals surface area contributed by atoms with E-state index in [1.165, 1.54) is 12.1 Å². The number of hydrogen-bond acceptors (Lipinski definition) is 4. The van der Waals surface area contributed by atoms with Crippen LogP contribution in [0.4, 0.5) is 8.78 Å². The molecule has 1 spiro atoms. The first-order valence-electron chi connectivity index (χ1n) is 9.37. The first-order chi connectivity index (χ1) is 13.4. The predicted molar refractivity (Wildman–Crippen MR) is 96.5 cm³/mol. The first kappa shape index (κ1) is 17.4. The molecule has 0 aliphatic carbocycles. The third-order valence-electron chi connectivity index (χ3n) is 5.79. The molecule has 2 aromatic carbocycles. The van der Waals surface area contributed by atoms with Crippen LogP contribution in [-0.2, 0) is 4.74 Å². The van der Waals surface area contributed by atoms with E-state index in [0.29, 0.717) is 24.2 Å². The molecule has 3 heterocycles. The van der Waals surface area contributed by atoms with E-state index in [2.05, 4.69) is 9.47 Å². The van der Waals surface area contributed by atoms with Crippen molar-refractivity contribution < 1.29 is 27.8 Å². The maximum absolute atomic E-state index is 13.2. The van der Waals surface area contributed by atoms with Gasteiger partial charge in [-0.05, 0) is 54.7 Å². The molecule has 0 radical (unpaired) electrons. The average Bonchev–Trinajstić information content (AvgIpc) is 2.99. The van der Waals surface area contributed by atoms with E-state index in [9.17, 15) is 13.6 Å². The zero-order valence-electron chi connectivity index (χ0n) is 15.1. The lowest BCUT2D eigenvalue weighted by Gasteiger charge is -2.47. The van der Waals surface area contributed by atoms with E-state index in [-0.39, 0.29) is 23.0 Å². The fourth-order valence-corrected chi connectivity index (χ4v) is 4.02. The minimum absolute atomic E-state index is 0.00288. The summed E-state index contributed by atoms with van der Waals surface area (Å²) in [6.45, 7) is 2.24. The second-order valence-electron chi connectivity index (χ2n) is 7.48. The van der Waals surface area contributed by atoms with Gasteiger partial charge in [-0.1, -0.05) is 18.2 Å². The van der Waals surface area contributed by atoms with Crippen molar-refractivity contribution in [3.05, 3.63) is 48.0 Å². The number of ether oxygens (including phenoxy) is 3. The molecule has 3 aliphatic rings. The normalized spacial score (nSPS) is 21.4. The van der Waals surface area contributed by atoms with Crippen LogP contribution < -0.4 is 9.47 Å². The van der Waals surface area contributed by atoms with Gasteiger partial charge < -0.3 is 19.1 Å². The Morgan fingerprint density at radius 1 is 0.893 bits per heavy atom. The minimum atomic E-state index is -3.63. The van der Waals surface area contributed by atoms with Gasteiger partial charge in [-0.3, -0.25) is 4.79 Å². The van der Waals surface area contributed by atoms with Crippen LogP contribution in [0.2, 0.25) is 0 Å². The Morgan fingerprint density at radius 2 is 1.54 bits per heavy atom. The van der Waals surface area contributed by atoms with Crippen molar-refractivity contribution in [2.45, 2.75) is 31.2 Å². The van der Waals surface area contributed by atoms with Gasteiger partial charge in [0.1, 0.15) is 0 Å². The summed E-state index contributed by atoms with van der Waals surface area (Å²) in [4.78, 5) is 14.6. The zero-order valence-corrected chi connectivity index (χ0v) is 15.1. The van der Waals surface area contributed by atoms with E-state index in [1.807, 2.05) is 17.0 Å². The van der Waals surface area contributed by atoms with Crippen LogP contribution >= 0.6 is 0 Å². The van der Waals surface area contributed by atoms with Crippen molar-refractivity contribution in [1.82, 2.24) is 4.90 Å². The third kappa shape index (κ3) is 2.99. The summed E-state index contributed by atoms with van der Waals surface area (Å²) in [6, 6.07) is 11.8. The number of nitrogens with zero attached hydrogens (tertiary/aromatic N) is 1. The number of carbonyl (C=O) groups excluding carboxylic acids is 1. The van der Waals surface area contributed by atoms with Crippen LogP contribution in [0.25, 0.3) is 11.1 Å². The van der Waals surface area contributed by atoms with E-state index in [1.54, 1.807) is 18.2 Å². The number of alkyl halides is 2. The molecular weight excluding hydrogens is 368 g/mol. The highest BCUT2D eigenvalue weighted by Crippen LogP contribution is 2.43. The van der Waals surface area contributed by atoms with Gasteiger partial charge in [-0.25, -0.2) is 0 Å². The molecule has 3 aliphatic heterocycles. The molecule has 0 unspecified atom stereocenters. The molecule has 0 aromatic heterocycles. The zero-order chi connectivity index (χ0) is 19.4. The topological polar surface area (TPSA) is 48.0 Å². The number of likely N-dealkylation sites (tertiary alicyclic amines) is 1. The average molecular weight is 387 g/mol. The highest BCUT2D eigenvalue weighted by Gasteiger charge is 2.43. The summed E-state index contributed by atoms with van der Waals surface area (Å²) in [7, 11) is 0. The fraction of sp³-hybridized carbons (Fsp3) is 0.381. The van der Waals surface area contributed by atoms with Crippen molar-refractivity contribution in [1.29, 1.82) is 0 Å². The van der Waals surface area contributed by atoms with Crippen molar-refractivity contribution in [3.63, 3.8) is 0 Å². The first-order valence-corrected chi connectivity index (χ1v) is 9.37. The monoisotopic (exact) mass is 387 g/mol. The second kappa shape index (κ2) is 6.17. The number of carbonyl (C=O) groups is 1. The Balaban J connectivity index is 1.29. The van der Waals surface area contributed by atoms with Crippen molar-refractivity contribution >= 4 is 5.91 Å². The number of rotatable bonds is 2. The maximum atomic E-state index is 13.2. The molecule has 2 fully saturated rings. The van der Waals surface area contributed by atoms with Crippen LogP contribution in [-0.4, -0.2) is 42.4 Å². The molecule has 5 nitrogen and oxygen atoms in total. The quantitative estimate of drug-likeness (QED) is 0.780. The highest BCUT2D eigenvalue weighted by atomic mass is 19.3. The molecule has 2 saturated heterocycles. The summed E-state index contributed by atoms with van der Waals surface area (Å²) in [6.07, 6.45) is -0.767. The third-order valence-corrected chi connectivity index (χ3v) is 5.79. The molecule has 5 rings (SSSR count). The lowest BCUT2D eigenvalue weighted by atomic mass is 9.84. The summed E-state index contributed by atoms with van der Waals surface area (Å²) < 4.78 is 41.0. The summed E-state index contributed by atoms with van der Waals surface area (Å²) >= 11 is 0. The number of amides is 1. The lowest BCUT2D eigenvalue weighted by Crippen LogP contribution is -2.53. The Bertz CT molecular complexity index is 915. The molecule has 1 amide bonds. The van der Waals surface area contributed by atoms with E-state index in [4.69, 9.17) is 4.74 Å². The Kier molecular flexibility index (Phi) is 3.84. The number of halogens is 2. The standard InChI is InChI=1S/C21H19F2NO4/c22-21(23)27-17-6-5-16(13-18(17)28-21)14-1-3-15(4-2-14)19(25)24-10-7-20(8-11-24)9-12-26-20/h1-6,13H,7-12H2. The minimum Gasteiger partial charge on any atom is -0.395 e. The van der Waals surface area contributed by atoms with Gasteiger partial charge in [-0.2, -0.15) is 0 Å². The van der Waals surface area contributed by atoms with Crippen LogP contribution in [0.5, 0.6) is 11.5 Å². The molecule has 0 saturated carbocycles. The lowest BCUT2D eigenvalue weighted by molar-refractivity contribution is -0.286. The van der Waals surface area contributed by atoms with Gasteiger partial charge in [0, 0.05) is 18.7 Å². The molecule has 2 aromatic rings. The largest absolute Gasteiger partial charge is 0.586 e. The van der Waals surface area contributed by atoms with Gasteiger partial charge >= 0.3 is 6.29 Å². The van der Waals surface area contributed by atoms with Gasteiger partial charge in [0.15, 0.2) is 11.5 Å². The van der Waals surface area contributed by atoms with Gasteiger partial charge in [0.25, 0.3) is 5.91 Å². The van der Waals surface area contributed by atoms with Crippen molar-refractivity contribution in [2.24, 2.45) is 0 Å². The van der Waals surface area contributed by atoms with Crippen LogP contribution in [0.1, 0.15) is 29.6 Å². The summed E-state index contributed by atoms with van der Waals surface area (Å²) in [5, 5.41) is 0. The Morgan fingerprint density at radius 3 is 2.18 bits per heavy atom. The molecule has 7 heteroatoms. The van der Waals surface area contributed by atoms with Crippen molar-refractivity contribution in [2.75, 3.05) is 19.7 Å². The number of benzene rings is 2. The second-order valence-corrected chi connectivity index (χ2v) is 7.48. The summed E-state index contributed by atoms with van der Waals surface area (Å²) in [5.41, 5.74) is 2.14. The maximum Gasteiger partial charge on any atom is 0.586 e. The number of hydrogen-bond donors (Lipinski definition) is 0. The van der Waals surface area contributed by atoms with Gasteiger partial charge in [0.2, 0.25) is 0 Å². The number of piperidine rings is 1. The van der Waals surface area contributed by atoms with Crippen molar-refractivity contribution in [3.8, 4) is 22.6 Å². The molecule has 0 N–H and O–H groups in total. The van der Waals surface area contributed by atoms with Gasteiger partial charge in [-0.15, -0.1) is 8.78 Å². The van der Waals surface area contributed by atoms with Gasteiger partial charge in [0.05, 0.1) is 12.2 Å². The smallest absolute Gasteiger partial charge is 0.395 e. The predicted octanol–water partition coefficient (Wildman–Crippen LogP) is 4.07. The van der Waals surface area contributed by atoms with Crippen LogP contribution in [0, 0.1) is 0 Å².